The molecule has 0 spiro atoms. The van der Waals surface area contributed by atoms with Crippen molar-refractivity contribution in [2.45, 2.75) is 6.04 Å². The summed E-state index contributed by atoms with van der Waals surface area (Å²) >= 11 is 0. The van der Waals surface area contributed by atoms with Crippen molar-refractivity contribution in [3.63, 3.8) is 0 Å². The van der Waals surface area contributed by atoms with Crippen molar-refractivity contribution in [3.8, 4) is 0 Å². The Morgan fingerprint density at radius 3 is 3.33 bits per heavy atom. The second kappa shape index (κ2) is 2.12. The first-order valence-electron chi connectivity index (χ1n) is 3.50. The average molecular weight is 123 g/mol. The highest BCUT2D eigenvalue weighted by Crippen LogP contribution is 2.13. The summed E-state index contributed by atoms with van der Waals surface area (Å²) < 4.78 is 0. The maximum absolute atomic E-state index is 4.31. The number of fused-ring (bicyclic) bond motifs is 1. The minimum Gasteiger partial charge on any atom is -0.309 e. The van der Waals surface area contributed by atoms with E-state index in [0.29, 0.717) is 12.0 Å². The highest BCUT2D eigenvalue weighted by molar-refractivity contribution is 5.05. The van der Waals surface area contributed by atoms with E-state index in [1.165, 1.54) is 0 Å². The monoisotopic (exact) mass is 123 g/mol. The molecule has 2 nitrogen and oxygen atoms in total. The molecule has 2 heteroatoms. The highest BCUT2D eigenvalue weighted by atomic mass is 15.0. The van der Waals surface area contributed by atoms with Crippen molar-refractivity contribution < 1.29 is 0 Å². The predicted octanol–water partition coefficient (Wildman–Crippen LogP) is -0.251. The molecule has 2 rings (SSSR count). The van der Waals surface area contributed by atoms with Gasteiger partial charge in [0.2, 0.25) is 0 Å². The summed E-state index contributed by atoms with van der Waals surface area (Å²) in [5, 5.41) is 7.71. The van der Waals surface area contributed by atoms with Crippen molar-refractivity contribution in [1.82, 2.24) is 10.6 Å². The van der Waals surface area contributed by atoms with Crippen molar-refractivity contribution in [1.29, 1.82) is 0 Å². The van der Waals surface area contributed by atoms with Crippen LogP contribution in [0.4, 0.5) is 0 Å². The van der Waals surface area contributed by atoms with Gasteiger partial charge in [-0.05, 0) is 0 Å². The van der Waals surface area contributed by atoms with E-state index in [1.807, 2.05) is 0 Å². The second-order valence-corrected chi connectivity index (χ2v) is 2.70. The molecule has 2 unspecified atom stereocenters. The van der Waals surface area contributed by atoms with E-state index in [0.717, 1.165) is 19.6 Å². The molecule has 0 bridgehead atoms. The third-order valence-corrected chi connectivity index (χ3v) is 2.06. The van der Waals surface area contributed by atoms with Crippen molar-refractivity contribution in [2.24, 2.45) is 5.92 Å². The SMILES string of the molecule is C1=CC2C[N]CC2NC1. The maximum Gasteiger partial charge on any atom is 0.0294 e. The van der Waals surface area contributed by atoms with Gasteiger partial charge in [-0.3, -0.25) is 0 Å². The van der Waals surface area contributed by atoms with Crippen molar-refractivity contribution in [3.05, 3.63) is 12.2 Å². The van der Waals surface area contributed by atoms with E-state index in [2.05, 4.69) is 22.8 Å². The van der Waals surface area contributed by atoms with Gasteiger partial charge >= 0.3 is 0 Å². The normalized spacial score (nSPS) is 40.9. The van der Waals surface area contributed by atoms with Crippen LogP contribution in [-0.2, 0) is 0 Å². The van der Waals surface area contributed by atoms with Gasteiger partial charge in [0.05, 0.1) is 0 Å². The Morgan fingerprint density at radius 2 is 2.44 bits per heavy atom. The summed E-state index contributed by atoms with van der Waals surface area (Å²) in [6.45, 7) is 3.10. The summed E-state index contributed by atoms with van der Waals surface area (Å²) in [5.74, 6) is 0.707. The molecule has 0 aromatic rings. The molecule has 49 valence electrons. The van der Waals surface area contributed by atoms with E-state index < -0.39 is 0 Å². The summed E-state index contributed by atoms with van der Waals surface area (Å²) in [4.78, 5) is 0. The Labute approximate surface area is 55.3 Å². The van der Waals surface area contributed by atoms with E-state index >= 15 is 0 Å². The molecule has 2 aliphatic heterocycles. The molecule has 1 saturated heterocycles. The summed E-state index contributed by atoms with van der Waals surface area (Å²) in [5.41, 5.74) is 0. The number of hydrogen-bond donors (Lipinski definition) is 1. The standard InChI is InChI=1S/C7H11N2/c1-2-6-4-8-5-7(6)9-3-1/h1-2,6-7,9H,3-5H2. The van der Waals surface area contributed by atoms with Crippen LogP contribution in [0.2, 0.25) is 0 Å². The van der Waals surface area contributed by atoms with E-state index in [-0.39, 0.29) is 0 Å². The van der Waals surface area contributed by atoms with E-state index in [1.54, 1.807) is 0 Å². The van der Waals surface area contributed by atoms with Crippen LogP contribution in [0.25, 0.3) is 0 Å². The minimum atomic E-state index is 0.662. The zero-order valence-corrected chi connectivity index (χ0v) is 5.38. The molecule has 1 fully saturated rings. The van der Waals surface area contributed by atoms with Crippen LogP contribution in [0.3, 0.4) is 0 Å². The van der Waals surface area contributed by atoms with Crippen molar-refractivity contribution >= 4 is 0 Å². The van der Waals surface area contributed by atoms with Crippen LogP contribution in [0, 0.1) is 5.92 Å². The smallest absolute Gasteiger partial charge is 0.0294 e. The molecular formula is C7H11N2. The Kier molecular flexibility index (Phi) is 1.28. The lowest BCUT2D eigenvalue weighted by atomic mass is 10.0. The second-order valence-electron chi connectivity index (χ2n) is 2.70. The number of nitrogens with one attached hydrogen (secondary N) is 1. The topological polar surface area (TPSA) is 26.1 Å². The molecule has 2 atom stereocenters. The summed E-state index contributed by atoms with van der Waals surface area (Å²) in [6.07, 6.45) is 4.49. The van der Waals surface area contributed by atoms with Gasteiger partial charge in [-0.25, -0.2) is 5.32 Å². The maximum atomic E-state index is 4.31. The lowest BCUT2D eigenvalue weighted by Crippen LogP contribution is -2.37. The van der Waals surface area contributed by atoms with E-state index in [4.69, 9.17) is 0 Å². The molecule has 1 N–H and O–H groups in total. The Hall–Kier alpha value is -0.340. The van der Waals surface area contributed by atoms with Gasteiger partial charge in [0, 0.05) is 31.6 Å². The number of nitrogens with zero attached hydrogens (tertiary/aromatic N) is 1. The molecule has 2 heterocycles. The zero-order chi connectivity index (χ0) is 6.10. The van der Waals surface area contributed by atoms with Gasteiger partial charge < -0.3 is 5.32 Å². The van der Waals surface area contributed by atoms with Crippen molar-refractivity contribution in [2.75, 3.05) is 19.6 Å². The predicted molar refractivity (Wildman–Crippen MR) is 36.3 cm³/mol. The van der Waals surface area contributed by atoms with Crippen LogP contribution in [0.15, 0.2) is 12.2 Å². The lowest BCUT2D eigenvalue weighted by Gasteiger charge is -2.19. The van der Waals surface area contributed by atoms with Gasteiger partial charge in [0.1, 0.15) is 0 Å². The highest BCUT2D eigenvalue weighted by Gasteiger charge is 2.26. The zero-order valence-electron chi connectivity index (χ0n) is 5.38. The minimum absolute atomic E-state index is 0.662. The molecule has 0 aromatic heterocycles. The fraction of sp³-hybridized carbons (Fsp3) is 0.714. The third-order valence-electron chi connectivity index (χ3n) is 2.06. The average Bonchev–Trinajstić information content (AvgIpc) is 2.33. The first-order chi connectivity index (χ1) is 4.47. The van der Waals surface area contributed by atoms with Crippen LogP contribution in [0.5, 0.6) is 0 Å². The van der Waals surface area contributed by atoms with Gasteiger partial charge in [-0.2, -0.15) is 0 Å². The molecule has 0 aliphatic carbocycles. The van der Waals surface area contributed by atoms with Gasteiger partial charge in [0.15, 0.2) is 0 Å². The van der Waals surface area contributed by atoms with Crippen LogP contribution in [-0.4, -0.2) is 25.7 Å². The largest absolute Gasteiger partial charge is 0.309 e. The Bertz CT molecular complexity index is 131. The third kappa shape index (κ3) is 0.884. The van der Waals surface area contributed by atoms with Gasteiger partial charge in [0.25, 0.3) is 0 Å². The fourth-order valence-electron chi connectivity index (χ4n) is 1.50. The molecule has 0 amide bonds. The summed E-state index contributed by atoms with van der Waals surface area (Å²) in [6, 6.07) is 0.662. The first kappa shape index (κ1) is 5.45. The summed E-state index contributed by atoms with van der Waals surface area (Å²) in [7, 11) is 0. The number of rotatable bonds is 0. The Morgan fingerprint density at radius 1 is 1.44 bits per heavy atom. The first-order valence-corrected chi connectivity index (χ1v) is 3.50. The molecule has 0 aromatic carbocycles. The molecule has 1 radical (unpaired) electrons. The quantitative estimate of drug-likeness (QED) is 0.442. The fourth-order valence-corrected chi connectivity index (χ4v) is 1.50. The van der Waals surface area contributed by atoms with E-state index in [9.17, 15) is 0 Å². The van der Waals surface area contributed by atoms with Gasteiger partial charge in [-0.15, -0.1) is 0 Å². The number of hydrogen-bond acceptors (Lipinski definition) is 1. The molecule has 9 heavy (non-hydrogen) atoms. The molecular weight excluding hydrogens is 112 g/mol. The van der Waals surface area contributed by atoms with Crippen LogP contribution in [0.1, 0.15) is 0 Å². The van der Waals surface area contributed by atoms with Gasteiger partial charge in [-0.1, -0.05) is 12.2 Å². The lowest BCUT2D eigenvalue weighted by molar-refractivity contribution is 0.490. The Balaban J connectivity index is 2.10. The van der Waals surface area contributed by atoms with Crippen LogP contribution >= 0.6 is 0 Å². The molecule has 0 saturated carbocycles. The molecule has 2 aliphatic rings. The van der Waals surface area contributed by atoms with Crippen LogP contribution < -0.4 is 10.6 Å².